The first-order valence-corrected chi connectivity index (χ1v) is 10.8. The van der Waals surface area contributed by atoms with Gasteiger partial charge in [0.05, 0.1) is 26.4 Å². The van der Waals surface area contributed by atoms with E-state index in [0.717, 1.165) is 16.7 Å². The average molecular weight is 433 g/mol. The second kappa shape index (κ2) is 10.6. The maximum absolute atomic E-state index is 12.9. The summed E-state index contributed by atoms with van der Waals surface area (Å²) >= 11 is 0. The summed E-state index contributed by atoms with van der Waals surface area (Å²) in [4.78, 5) is 12.9. The molecule has 0 bridgehead atoms. The third-order valence-corrected chi connectivity index (χ3v) is 5.59. The standard InChI is InChI=1S/C27H28O5/c1-27(31-19-23-15-9-4-10-16-23)25(30-18-22-13-7-3-8-14-22)24(32-26(27)28)20-29-17-21-11-5-2-6-12-21/h2-16,24-25H,17-20H2,1H3. The van der Waals surface area contributed by atoms with Crippen LogP contribution in [0.25, 0.3) is 0 Å². The summed E-state index contributed by atoms with van der Waals surface area (Å²) in [6.07, 6.45) is -1.16. The zero-order valence-corrected chi connectivity index (χ0v) is 18.2. The molecule has 1 saturated heterocycles. The van der Waals surface area contributed by atoms with Crippen LogP contribution in [0.4, 0.5) is 0 Å². The van der Waals surface area contributed by atoms with Gasteiger partial charge in [-0.2, -0.15) is 0 Å². The highest BCUT2D eigenvalue weighted by Crippen LogP contribution is 2.34. The zero-order chi connectivity index (χ0) is 22.2. The topological polar surface area (TPSA) is 54.0 Å². The lowest BCUT2D eigenvalue weighted by Crippen LogP contribution is -2.48. The molecule has 4 rings (SSSR count). The van der Waals surface area contributed by atoms with Crippen LogP contribution in [0.3, 0.4) is 0 Å². The fourth-order valence-electron chi connectivity index (χ4n) is 3.75. The lowest BCUT2D eigenvalue weighted by Gasteiger charge is -2.29. The number of carbonyl (C=O) groups is 1. The second-order valence-electron chi connectivity index (χ2n) is 8.04. The van der Waals surface area contributed by atoms with E-state index in [9.17, 15) is 4.79 Å². The molecular weight excluding hydrogens is 404 g/mol. The summed E-state index contributed by atoms with van der Waals surface area (Å²) in [5.41, 5.74) is 1.82. The molecule has 3 atom stereocenters. The normalized spacial score (nSPS) is 22.6. The first-order valence-electron chi connectivity index (χ1n) is 10.8. The van der Waals surface area contributed by atoms with Crippen LogP contribution in [0.15, 0.2) is 91.0 Å². The number of hydrogen-bond acceptors (Lipinski definition) is 5. The van der Waals surface area contributed by atoms with Gasteiger partial charge in [0.1, 0.15) is 6.10 Å². The van der Waals surface area contributed by atoms with Crippen LogP contribution in [0.1, 0.15) is 23.6 Å². The second-order valence-corrected chi connectivity index (χ2v) is 8.04. The van der Waals surface area contributed by atoms with Crippen molar-refractivity contribution in [1.29, 1.82) is 0 Å². The Morgan fingerprint density at radius 3 is 1.81 bits per heavy atom. The molecule has 0 aliphatic carbocycles. The largest absolute Gasteiger partial charge is 0.455 e. The van der Waals surface area contributed by atoms with Gasteiger partial charge in [0.15, 0.2) is 11.7 Å². The van der Waals surface area contributed by atoms with Gasteiger partial charge in [0, 0.05) is 0 Å². The predicted molar refractivity (Wildman–Crippen MR) is 121 cm³/mol. The molecule has 32 heavy (non-hydrogen) atoms. The van der Waals surface area contributed by atoms with Gasteiger partial charge in [0.2, 0.25) is 0 Å². The molecule has 0 radical (unpaired) electrons. The minimum absolute atomic E-state index is 0.227. The molecule has 1 heterocycles. The van der Waals surface area contributed by atoms with Crippen LogP contribution in [0, 0.1) is 0 Å². The van der Waals surface area contributed by atoms with Crippen LogP contribution in [-0.2, 0) is 43.6 Å². The van der Waals surface area contributed by atoms with Crippen molar-refractivity contribution in [3.8, 4) is 0 Å². The number of hydrogen-bond donors (Lipinski definition) is 0. The van der Waals surface area contributed by atoms with Gasteiger partial charge < -0.3 is 18.9 Å². The third kappa shape index (κ3) is 5.43. The highest BCUT2D eigenvalue weighted by Gasteiger charge is 2.56. The van der Waals surface area contributed by atoms with E-state index in [2.05, 4.69) is 0 Å². The van der Waals surface area contributed by atoms with E-state index in [1.165, 1.54) is 0 Å². The van der Waals surface area contributed by atoms with Crippen molar-refractivity contribution in [2.24, 2.45) is 0 Å². The molecule has 0 saturated carbocycles. The van der Waals surface area contributed by atoms with Crippen molar-refractivity contribution in [3.05, 3.63) is 108 Å². The number of esters is 1. The minimum atomic E-state index is -1.23. The molecule has 1 aliphatic heterocycles. The van der Waals surface area contributed by atoms with Gasteiger partial charge in [-0.1, -0.05) is 91.0 Å². The summed E-state index contributed by atoms with van der Waals surface area (Å²) in [6, 6.07) is 29.5. The number of ether oxygens (including phenoxy) is 4. The number of benzene rings is 3. The Kier molecular flexibility index (Phi) is 7.32. The smallest absolute Gasteiger partial charge is 0.341 e. The zero-order valence-electron chi connectivity index (χ0n) is 18.2. The van der Waals surface area contributed by atoms with E-state index in [1.54, 1.807) is 6.92 Å². The SMILES string of the molecule is CC1(OCc2ccccc2)C(=O)OC(COCc2ccccc2)C1OCc1ccccc1. The van der Waals surface area contributed by atoms with Crippen molar-refractivity contribution in [2.75, 3.05) is 6.61 Å². The molecule has 166 valence electrons. The van der Waals surface area contributed by atoms with Gasteiger partial charge in [-0.05, 0) is 23.6 Å². The molecule has 3 aromatic carbocycles. The van der Waals surface area contributed by atoms with Gasteiger partial charge in [-0.3, -0.25) is 0 Å². The van der Waals surface area contributed by atoms with Crippen molar-refractivity contribution in [1.82, 2.24) is 0 Å². The molecule has 0 amide bonds. The molecule has 3 aromatic rings. The number of rotatable bonds is 10. The first-order chi connectivity index (χ1) is 15.6. The molecule has 5 nitrogen and oxygen atoms in total. The van der Waals surface area contributed by atoms with E-state index < -0.39 is 23.8 Å². The summed E-state index contributed by atoms with van der Waals surface area (Å²) in [5, 5.41) is 0. The van der Waals surface area contributed by atoms with E-state index in [1.807, 2.05) is 91.0 Å². The van der Waals surface area contributed by atoms with E-state index in [0.29, 0.717) is 13.2 Å². The first kappa shape index (κ1) is 22.2. The molecular formula is C27H28O5. The molecule has 0 N–H and O–H groups in total. The highest BCUT2D eigenvalue weighted by molar-refractivity contribution is 5.82. The van der Waals surface area contributed by atoms with Crippen molar-refractivity contribution < 1.29 is 23.7 Å². The molecule has 5 heteroatoms. The predicted octanol–water partition coefficient (Wildman–Crippen LogP) is 4.69. The highest BCUT2D eigenvalue weighted by atomic mass is 16.6. The Bertz CT molecular complexity index is 977. The van der Waals surface area contributed by atoms with E-state index >= 15 is 0 Å². The fourth-order valence-corrected chi connectivity index (χ4v) is 3.75. The monoisotopic (exact) mass is 432 g/mol. The Hall–Kier alpha value is -2.99. The number of cyclic esters (lactones) is 1. The lowest BCUT2D eigenvalue weighted by molar-refractivity contribution is -0.167. The Morgan fingerprint density at radius 1 is 0.750 bits per heavy atom. The van der Waals surface area contributed by atoms with Crippen molar-refractivity contribution in [3.63, 3.8) is 0 Å². The average Bonchev–Trinajstić information content (AvgIpc) is 3.07. The van der Waals surface area contributed by atoms with Crippen molar-refractivity contribution >= 4 is 5.97 Å². The molecule has 3 unspecified atom stereocenters. The Balaban J connectivity index is 1.45. The number of carbonyl (C=O) groups excluding carboxylic acids is 1. The van der Waals surface area contributed by atoms with E-state index in [4.69, 9.17) is 18.9 Å². The summed E-state index contributed by atoms with van der Waals surface area (Å²) in [6.45, 7) is 3.04. The lowest BCUT2D eigenvalue weighted by atomic mass is 9.97. The Labute approximate surface area is 188 Å². The van der Waals surface area contributed by atoms with Crippen LogP contribution in [0.5, 0.6) is 0 Å². The van der Waals surface area contributed by atoms with Crippen molar-refractivity contribution in [2.45, 2.75) is 44.6 Å². The molecule has 0 spiro atoms. The van der Waals surface area contributed by atoms with Crippen LogP contribution < -0.4 is 0 Å². The summed E-state index contributed by atoms with van der Waals surface area (Å²) in [7, 11) is 0. The summed E-state index contributed by atoms with van der Waals surface area (Å²) < 4.78 is 23.9. The van der Waals surface area contributed by atoms with Gasteiger partial charge >= 0.3 is 5.97 Å². The fraction of sp³-hybridized carbons (Fsp3) is 0.296. The third-order valence-electron chi connectivity index (χ3n) is 5.59. The van der Waals surface area contributed by atoms with Gasteiger partial charge in [-0.15, -0.1) is 0 Å². The Morgan fingerprint density at radius 2 is 1.25 bits per heavy atom. The summed E-state index contributed by atoms with van der Waals surface area (Å²) in [5.74, 6) is -0.431. The van der Waals surface area contributed by atoms with Crippen LogP contribution >= 0.6 is 0 Å². The van der Waals surface area contributed by atoms with Gasteiger partial charge in [-0.25, -0.2) is 4.79 Å². The molecule has 0 aromatic heterocycles. The van der Waals surface area contributed by atoms with Crippen LogP contribution in [0.2, 0.25) is 0 Å². The van der Waals surface area contributed by atoms with E-state index in [-0.39, 0.29) is 13.2 Å². The van der Waals surface area contributed by atoms with Crippen LogP contribution in [-0.4, -0.2) is 30.4 Å². The minimum Gasteiger partial charge on any atom is -0.455 e. The van der Waals surface area contributed by atoms with Gasteiger partial charge in [0.25, 0.3) is 0 Å². The quantitative estimate of drug-likeness (QED) is 0.435. The molecule has 1 fully saturated rings. The molecule has 1 aliphatic rings. The maximum atomic E-state index is 12.9. The maximum Gasteiger partial charge on any atom is 0.341 e.